The summed E-state index contributed by atoms with van der Waals surface area (Å²) in [5.74, 6) is 0.747. The summed E-state index contributed by atoms with van der Waals surface area (Å²) in [7, 11) is 0. The van der Waals surface area contributed by atoms with Crippen LogP contribution >= 0.6 is 11.8 Å². The van der Waals surface area contributed by atoms with Crippen molar-refractivity contribution in [2.75, 3.05) is 12.3 Å². The van der Waals surface area contributed by atoms with Gasteiger partial charge in [0.2, 0.25) is 0 Å². The molecule has 0 bridgehead atoms. The van der Waals surface area contributed by atoms with Crippen LogP contribution in [0.2, 0.25) is 0 Å². The number of nitrogens with zero attached hydrogens (tertiary/aromatic N) is 1. The third-order valence-electron chi connectivity index (χ3n) is 4.73. The lowest BCUT2D eigenvalue weighted by molar-refractivity contribution is 0.0952. The van der Waals surface area contributed by atoms with Crippen LogP contribution in [0.3, 0.4) is 0 Å². The summed E-state index contributed by atoms with van der Waals surface area (Å²) < 4.78 is 0. The Bertz CT molecular complexity index is 797. The van der Waals surface area contributed by atoms with Crippen molar-refractivity contribution >= 4 is 28.6 Å². The van der Waals surface area contributed by atoms with E-state index >= 15 is 0 Å². The van der Waals surface area contributed by atoms with Crippen LogP contribution in [0.25, 0.3) is 10.9 Å². The molecule has 25 heavy (non-hydrogen) atoms. The van der Waals surface area contributed by atoms with Crippen molar-refractivity contribution in [3.63, 3.8) is 0 Å². The SMILES string of the molecule is Cc1nccc2[nH]c(=O)c(C(=O)NCCCSC3CCCCC3)cc12. The van der Waals surface area contributed by atoms with E-state index in [1.165, 1.54) is 32.1 Å². The number of fused-ring (bicyclic) bond motifs is 1. The summed E-state index contributed by atoms with van der Waals surface area (Å²) in [5.41, 5.74) is 1.31. The van der Waals surface area contributed by atoms with Gasteiger partial charge in [0.05, 0.1) is 5.52 Å². The van der Waals surface area contributed by atoms with Gasteiger partial charge in [-0.1, -0.05) is 19.3 Å². The zero-order chi connectivity index (χ0) is 17.6. The van der Waals surface area contributed by atoms with E-state index in [0.29, 0.717) is 12.1 Å². The molecule has 134 valence electrons. The van der Waals surface area contributed by atoms with E-state index < -0.39 is 0 Å². The van der Waals surface area contributed by atoms with Crippen LogP contribution in [0, 0.1) is 6.92 Å². The largest absolute Gasteiger partial charge is 0.352 e. The number of aromatic nitrogens is 2. The van der Waals surface area contributed by atoms with Gasteiger partial charge in [0.1, 0.15) is 5.56 Å². The Balaban J connectivity index is 1.52. The van der Waals surface area contributed by atoms with Gasteiger partial charge in [-0.3, -0.25) is 14.6 Å². The zero-order valence-corrected chi connectivity index (χ0v) is 15.5. The monoisotopic (exact) mass is 359 g/mol. The zero-order valence-electron chi connectivity index (χ0n) is 14.6. The third-order valence-corrected chi connectivity index (χ3v) is 6.20. The maximum atomic E-state index is 12.3. The van der Waals surface area contributed by atoms with E-state index in [4.69, 9.17) is 0 Å². The molecule has 0 atom stereocenters. The molecule has 0 unspecified atom stereocenters. The van der Waals surface area contributed by atoms with E-state index in [1.54, 1.807) is 18.3 Å². The van der Waals surface area contributed by atoms with Crippen LogP contribution in [0.5, 0.6) is 0 Å². The van der Waals surface area contributed by atoms with Crippen molar-refractivity contribution in [1.29, 1.82) is 0 Å². The maximum absolute atomic E-state index is 12.3. The number of pyridine rings is 2. The topological polar surface area (TPSA) is 74.8 Å². The van der Waals surface area contributed by atoms with Crippen molar-refractivity contribution in [2.24, 2.45) is 0 Å². The highest BCUT2D eigenvalue weighted by Gasteiger charge is 2.14. The van der Waals surface area contributed by atoms with Gasteiger partial charge in [-0.05, 0) is 44.1 Å². The van der Waals surface area contributed by atoms with Gasteiger partial charge in [-0.25, -0.2) is 0 Å². The van der Waals surface area contributed by atoms with Crippen LogP contribution < -0.4 is 10.9 Å². The van der Waals surface area contributed by atoms with Crippen LogP contribution in [-0.4, -0.2) is 33.4 Å². The first-order valence-electron chi connectivity index (χ1n) is 9.03. The third kappa shape index (κ3) is 4.63. The Kier molecular flexibility index (Phi) is 6.13. The Morgan fingerprint density at radius 2 is 2.16 bits per heavy atom. The molecule has 0 saturated heterocycles. The molecule has 5 nitrogen and oxygen atoms in total. The normalized spacial score (nSPS) is 15.4. The second-order valence-electron chi connectivity index (χ2n) is 6.61. The molecule has 0 aromatic carbocycles. The minimum absolute atomic E-state index is 0.156. The number of amides is 1. The fourth-order valence-corrected chi connectivity index (χ4v) is 4.60. The molecule has 0 spiro atoms. The highest BCUT2D eigenvalue weighted by Crippen LogP contribution is 2.28. The summed E-state index contributed by atoms with van der Waals surface area (Å²) in [5, 5.41) is 4.47. The Labute approximate surface area is 152 Å². The number of hydrogen-bond acceptors (Lipinski definition) is 4. The molecule has 3 rings (SSSR count). The van der Waals surface area contributed by atoms with Gasteiger partial charge in [0.25, 0.3) is 11.5 Å². The quantitative estimate of drug-likeness (QED) is 0.775. The van der Waals surface area contributed by atoms with Gasteiger partial charge in [0, 0.05) is 29.1 Å². The lowest BCUT2D eigenvalue weighted by atomic mass is 10.0. The molecule has 6 heteroatoms. The van der Waals surface area contributed by atoms with Gasteiger partial charge < -0.3 is 10.3 Å². The number of aromatic amines is 1. The molecule has 2 heterocycles. The molecule has 2 N–H and O–H groups in total. The lowest BCUT2D eigenvalue weighted by Gasteiger charge is -2.20. The van der Waals surface area contributed by atoms with Crippen molar-refractivity contribution in [1.82, 2.24) is 15.3 Å². The highest BCUT2D eigenvalue weighted by molar-refractivity contribution is 7.99. The van der Waals surface area contributed by atoms with E-state index in [1.807, 2.05) is 18.7 Å². The molecule has 2 aromatic heterocycles. The number of nitrogens with one attached hydrogen (secondary N) is 2. The first kappa shape index (κ1) is 18.0. The van der Waals surface area contributed by atoms with Crippen LogP contribution in [0.15, 0.2) is 23.1 Å². The van der Waals surface area contributed by atoms with Crippen LogP contribution in [0.1, 0.15) is 54.6 Å². The number of carbonyl (C=O) groups excluding carboxylic acids is 1. The minimum Gasteiger partial charge on any atom is -0.352 e. The van der Waals surface area contributed by atoms with Gasteiger partial charge in [0.15, 0.2) is 0 Å². The summed E-state index contributed by atoms with van der Waals surface area (Å²) in [4.78, 5) is 31.4. The van der Waals surface area contributed by atoms with Gasteiger partial charge >= 0.3 is 0 Å². The highest BCUT2D eigenvalue weighted by atomic mass is 32.2. The molecule has 0 radical (unpaired) electrons. The average molecular weight is 359 g/mol. The number of thioether (sulfide) groups is 1. The second kappa shape index (κ2) is 8.52. The first-order chi connectivity index (χ1) is 12.1. The van der Waals surface area contributed by atoms with Crippen molar-refractivity contribution in [3.05, 3.63) is 39.9 Å². The molecule has 1 aliphatic rings. The first-order valence-corrected chi connectivity index (χ1v) is 10.1. The standard InChI is InChI=1S/C19H25N3O2S/c1-13-15-12-16(19(24)22-17(15)8-10-20-13)18(23)21-9-5-11-25-14-6-3-2-4-7-14/h8,10,12,14H,2-7,9,11H2,1H3,(H,21,23)(H,22,24). The summed E-state index contributed by atoms with van der Waals surface area (Å²) in [6, 6.07) is 3.39. The molecular formula is C19H25N3O2S. The predicted octanol–water partition coefficient (Wildman–Crippen LogP) is 3.42. The average Bonchev–Trinajstić information content (AvgIpc) is 2.62. The summed E-state index contributed by atoms with van der Waals surface area (Å²) in [6.45, 7) is 2.47. The van der Waals surface area contributed by atoms with Crippen molar-refractivity contribution in [2.45, 2.75) is 50.7 Å². The molecule has 1 amide bonds. The molecule has 1 aliphatic carbocycles. The Morgan fingerprint density at radius 3 is 2.96 bits per heavy atom. The minimum atomic E-state index is -0.354. The summed E-state index contributed by atoms with van der Waals surface area (Å²) in [6.07, 6.45) is 9.33. The molecule has 1 saturated carbocycles. The number of H-pyrrole nitrogens is 1. The van der Waals surface area contributed by atoms with E-state index in [2.05, 4.69) is 15.3 Å². The maximum Gasteiger partial charge on any atom is 0.261 e. The molecule has 0 aliphatic heterocycles. The van der Waals surface area contributed by atoms with E-state index in [0.717, 1.165) is 28.5 Å². The van der Waals surface area contributed by atoms with Crippen molar-refractivity contribution < 1.29 is 4.79 Å². The molecule has 2 aromatic rings. The van der Waals surface area contributed by atoms with E-state index in [9.17, 15) is 9.59 Å². The summed E-state index contributed by atoms with van der Waals surface area (Å²) >= 11 is 2.02. The smallest absolute Gasteiger partial charge is 0.261 e. The van der Waals surface area contributed by atoms with Crippen LogP contribution in [0.4, 0.5) is 0 Å². The second-order valence-corrected chi connectivity index (χ2v) is 8.02. The lowest BCUT2D eigenvalue weighted by Crippen LogP contribution is -2.30. The number of rotatable bonds is 6. The fraction of sp³-hybridized carbons (Fsp3) is 0.526. The van der Waals surface area contributed by atoms with Crippen LogP contribution in [-0.2, 0) is 0 Å². The number of aryl methyl sites for hydroxylation is 1. The van der Waals surface area contributed by atoms with E-state index in [-0.39, 0.29) is 17.0 Å². The van der Waals surface area contributed by atoms with Crippen molar-refractivity contribution in [3.8, 4) is 0 Å². The number of carbonyl (C=O) groups is 1. The Morgan fingerprint density at radius 1 is 1.36 bits per heavy atom. The van der Waals surface area contributed by atoms with Gasteiger partial charge in [-0.2, -0.15) is 11.8 Å². The fourth-order valence-electron chi connectivity index (χ4n) is 3.29. The molecule has 1 fully saturated rings. The van der Waals surface area contributed by atoms with Gasteiger partial charge in [-0.15, -0.1) is 0 Å². The predicted molar refractivity (Wildman–Crippen MR) is 103 cm³/mol. The number of hydrogen-bond donors (Lipinski definition) is 2. The Hall–Kier alpha value is -1.82. The molecular weight excluding hydrogens is 334 g/mol.